The lowest BCUT2D eigenvalue weighted by Gasteiger charge is -2.35. The molecule has 0 aromatic heterocycles. The second-order valence-corrected chi connectivity index (χ2v) is 6.24. The first kappa shape index (κ1) is 13.7. The Bertz CT molecular complexity index is 415. The number of halogens is 1. The summed E-state index contributed by atoms with van der Waals surface area (Å²) in [7, 11) is 0. The quantitative estimate of drug-likeness (QED) is 0.835. The molecule has 0 amide bonds. The van der Waals surface area contributed by atoms with Gasteiger partial charge in [-0.2, -0.15) is 0 Å². The van der Waals surface area contributed by atoms with Crippen LogP contribution in [0.15, 0.2) is 18.2 Å². The molecule has 0 atom stereocenters. The summed E-state index contributed by atoms with van der Waals surface area (Å²) in [4.78, 5) is 2.45. The topological polar surface area (TPSA) is 15.3 Å². The zero-order valence-corrected chi connectivity index (χ0v) is 12.3. The number of nitrogens with zero attached hydrogens (tertiary/aromatic N) is 1. The molecule has 3 heteroatoms. The van der Waals surface area contributed by atoms with Crippen LogP contribution in [0.25, 0.3) is 0 Å². The molecular formula is C15H23ClN2. The smallest absolute Gasteiger partial charge is 0.0455 e. The van der Waals surface area contributed by atoms with E-state index >= 15 is 0 Å². The van der Waals surface area contributed by atoms with Crippen molar-refractivity contribution in [1.82, 2.24) is 5.32 Å². The SMILES string of the molecule is Cc1ccc(N2CCCNC(C)(C)CC2)cc1Cl. The minimum absolute atomic E-state index is 0.229. The van der Waals surface area contributed by atoms with Gasteiger partial charge in [0.2, 0.25) is 0 Å². The third-order valence-electron chi connectivity index (χ3n) is 3.74. The second-order valence-electron chi connectivity index (χ2n) is 5.83. The highest BCUT2D eigenvalue weighted by molar-refractivity contribution is 6.31. The van der Waals surface area contributed by atoms with Gasteiger partial charge in [0.1, 0.15) is 0 Å². The van der Waals surface area contributed by atoms with E-state index in [1.54, 1.807) is 0 Å². The zero-order valence-electron chi connectivity index (χ0n) is 11.6. The van der Waals surface area contributed by atoms with Gasteiger partial charge in [-0.05, 0) is 57.9 Å². The average molecular weight is 267 g/mol. The molecule has 18 heavy (non-hydrogen) atoms. The number of aryl methyl sites for hydroxylation is 1. The molecule has 1 aliphatic heterocycles. The molecule has 1 aromatic carbocycles. The van der Waals surface area contributed by atoms with E-state index in [4.69, 9.17) is 11.6 Å². The average Bonchev–Trinajstić information content (AvgIpc) is 2.29. The van der Waals surface area contributed by atoms with Crippen LogP contribution in [0.3, 0.4) is 0 Å². The van der Waals surface area contributed by atoms with Gasteiger partial charge in [-0.15, -0.1) is 0 Å². The van der Waals surface area contributed by atoms with Crippen LogP contribution < -0.4 is 10.2 Å². The molecule has 0 saturated carbocycles. The highest BCUT2D eigenvalue weighted by Gasteiger charge is 2.21. The van der Waals surface area contributed by atoms with E-state index in [1.165, 1.54) is 12.1 Å². The summed E-state index contributed by atoms with van der Waals surface area (Å²) in [6.07, 6.45) is 2.33. The Kier molecular flexibility index (Phi) is 4.18. The van der Waals surface area contributed by atoms with E-state index in [0.29, 0.717) is 0 Å². The number of benzene rings is 1. The molecule has 2 rings (SSSR count). The van der Waals surface area contributed by atoms with Crippen LogP contribution in [-0.4, -0.2) is 25.2 Å². The summed E-state index contributed by atoms with van der Waals surface area (Å²) in [5, 5.41) is 4.47. The number of nitrogens with one attached hydrogen (secondary N) is 1. The summed E-state index contributed by atoms with van der Waals surface area (Å²) in [5.41, 5.74) is 2.63. The monoisotopic (exact) mass is 266 g/mol. The molecule has 1 aromatic rings. The summed E-state index contributed by atoms with van der Waals surface area (Å²) in [5.74, 6) is 0. The fourth-order valence-electron chi connectivity index (χ4n) is 2.35. The van der Waals surface area contributed by atoms with Gasteiger partial charge in [0.15, 0.2) is 0 Å². The highest BCUT2D eigenvalue weighted by atomic mass is 35.5. The second kappa shape index (κ2) is 5.50. The third-order valence-corrected chi connectivity index (χ3v) is 4.14. The predicted molar refractivity (Wildman–Crippen MR) is 79.7 cm³/mol. The van der Waals surface area contributed by atoms with Crippen LogP contribution in [-0.2, 0) is 0 Å². The highest BCUT2D eigenvalue weighted by Crippen LogP contribution is 2.25. The summed E-state index contributed by atoms with van der Waals surface area (Å²) in [6, 6.07) is 6.39. The molecule has 0 aliphatic carbocycles. The predicted octanol–water partition coefficient (Wildman–Crippen LogP) is 3.62. The maximum Gasteiger partial charge on any atom is 0.0455 e. The van der Waals surface area contributed by atoms with Crippen molar-refractivity contribution in [1.29, 1.82) is 0 Å². The molecule has 1 fully saturated rings. The largest absolute Gasteiger partial charge is 0.371 e. The van der Waals surface area contributed by atoms with Crippen molar-refractivity contribution in [2.75, 3.05) is 24.5 Å². The molecular weight excluding hydrogens is 244 g/mol. The molecule has 100 valence electrons. The summed E-state index contributed by atoms with van der Waals surface area (Å²) >= 11 is 6.22. The minimum Gasteiger partial charge on any atom is -0.371 e. The van der Waals surface area contributed by atoms with Gasteiger partial charge in [-0.1, -0.05) is 17.7 Å². The molecule has 1 saturated heterocycles. The lowest BCUT2D eigenvalue weighted by molar-refractivity contribution is 0.347. The van der Waals surface area contributed by atoms with Crippen molar-refractivity contribution in [2.45, 2.75) is 39.2 Å². The van der Waals surface area contributed by atoms with Gasteiger partial charge in [0, 0.05) is 29.3 Å². The first-order valence-corrected chi connectivity index (χ1v) is 7.12. The van der Waals surface area contributed by atoms with Gasteiger partial charge in [0.05, 0.1) is 0 Å². The molecule has 1 N–H and O–H groups in total. The Labute approximate surface area is 115 Å². The Morgan fingerprint density at radius 1 is 1.28 bits per heavy atom. The van der Waals surface area contributed by atoms with Crippen molar-refractivity contribution < 1.29 is 0 Å². The van der Waals surface area contributed by atoms with E-state index < -0.39 is 0 Å². The maximum atomic E-state index is 6.22. The maximum absolute atomic E-state index is 6.22. The summed E-state index contributed by atoms with van der Waals surface area (Å²) < 4.78 is 0. The van der Waals surface area contributed by atoms with Crippen LogP contribution in [0, 0.1) is 6.92 Å². The van der Waals surface area contributed by atoms with Crippen molar-refractivity contribution in [3.8, 4) is 0 Å². The normalized spacial score (nSPS) is 20.3. The van der Waals surface area contributed by atoms with E-state index in [2.05, 4.69) is 42.3 Å². The molecule has 0 spiro atoms. The van der Waals surface area contributed by atoms with Crippen molar-refractivity contribution in [3.05, 3.63) is 28.8 Å². The number of hydrogen-bond acceptors (Lipinski definition) is 2. The lowest BCUT2D eigenvalue weighted by Crippen LogP contribution is -2.46. The molecule has 0 bridgehead atoms. The van der Waals surface area contributed by atoms with Gasteiger partial charge in [0.25, 0.3) is 0 Å². The van der Waals surface area contributed by atoms with E-state index in [0.717, 1.165) is 36.6 Å². The molecule has 0 radical (unpaired) electrons. The fraction of sp³-hybridized carbons (Fsp3) is 0.600. The van der Waals surface area contributed by atoms with Gasteiger partial charge in [-0.25, -0.2) is 0 Å². The number of rotatable bonds is 1. The van der Waals surface area contributed by atoms with Crippen LogP contribution in [0.1, 0.15) is 32.3 Å². The van der Waals surface area contributed by atoms with Crippen molar-refractivity contribution in [2.24, 2.45) is 0 Å². The Hall–Kier alpha value is -0.730. The molecule has 1 aliphatic rings. The minimum atomic E-state index is 0.229. The first-order valence-electron chi connectivity index (χ1n) is 6.74. The van der Waals surface area contributed by atoms with Crippen LogP contribution in [0.5, 0.6) is 0 Å². The molecule has 1 heterocycles. The van der Waals surface area contributed by atoms with E-state index in [9.17, 15) is 0 Å². The Balaban J connectivity index is 2.13. The molecule has 0 unspecified atom stereocenters. The van der Waals surface area contributed by atoms with Crippen LogP contribution in [0.4, 0.5) is 5.69 Å². The standard InChI is InChI=1S/C15H23ClN2/c1-12-5-6-13(11-14(12)16)18-9-4-8-17-15(2,3)7-10-18/h5-6,11,17H,4,7-10H2,1-3H3. The van der Waals surface area contributed by atoms with Gasteiger partial charge < -0.3 is 10.2 Å². The fourth-order valence-corrected chi connectivity index (χ4v) is 2.52. The number of anilines is 1. The Morgan fingerprint density at radius 2 is 2.06 bits per heavy atom. The van der Waals surface area contributed by atoms with Crippen LogP contribution in [0.2, 0.25) is 5.02 Å². The first-order chi connectivity index (χ1) is 8.48. The van der Waals surface area contributed by atoms with Crippen LogP contribution >= 0.6 is 11.6 Å². The number of hydrogen-bond donors (Lipinski definition) is 1. The van der Waals surface area contributed by atoms with Crippen molar-refractivity contribution >= 4 is 17.3 Å². The molecule has 2 nitrogen and oxygen atoms in total. The van der Waals surface area contributed by atoms with Crippen molar-refractivity contribution in [3.63, 3.8) is 0 Å². The van der Waals surface area contributed by atoms with E-state index in [1.807, 2.05) is 6.92 Å². The zero-order chi connectivity index (χ0) is 13.2. The van der Waals surface area contributed by atoms with Gasteiger partial charge in [-0.3, -0.25) is 0 Å². The van der Waals surface area contributed by atoms with E-state index in [-0.39, 0.29) is 5.54 Å². The summed E-state index contributed by atoms with van der Waals surface area (Å²) in [6.45, 7) is 9.87. The lowest BCUT2D eigenvalue weighted by atomic mass is 9.98. The Morgan fingerprint density at radius 3 is 2.78 bits per heavy atom. The third kappa shape index (κ3) is 3.39. The van der Waals surface area contributed by atoms with Gasteiger partial charge >= 0.3 is 0 Å².